The van der Waals surface area contributed by atoms with E-state index in [1.165, 1.54) is 6.07 Å². The van der Waals surface area contributed by atoms with Crippen LogP contribution in [0.25, 0.3) is 0 Å². The molecule has 1 rings (SSSR count). The molecule has 0 atom stereocenters. The van der Waals surface area contributed by atoms with Crippen molar-refractivity contribution in [3.8, 4) is 6.07 Å². The molecule has 1 amide bonds. The number of nitrogens with one attached hydrogen (secondary N) is 1. The van der Waals surface area contributed by atoms with E-state index in [0.29, 0.717) is 18.2 Å². The Balaban J connectivity index is 3.17. The fraction of sp³-hybridized carbons (Fsp3) is 0.200. The van der Waals surface area contributed by atoms with E-state index in [9.17, 15) is 22.4 Å². The molecule has 0 aliphatic rings. The molecule has 0 radical (unpaired) electrons. The zero-order chi connectivity index (χ0) is 13.1. The summed E-state index contributed by atoms with van der Waals surface area (Å²) in [7, 11) is 0. The number of nitriles is 1. The lowest BCUT2D eigenvalue weighted by Crippen LogP contribution is -2.26. The van der Waals surface area contributed by atoms with Crippen LogP contribution in [0, 0.1) is 17.1 Å². The molecule has 0 fully saturated rings. The molecule has 1 N–H and O–H groups in total. The third-order valence-electron chi connectivity index (χ3n) is 1.86. The molecule has 17 heavy (non-hydrogen) atoms. The third-order valence-corrected chi connectivity index (χ3v) is 1.86. The van der Waals surface area contributed by atoms with Gasteiger partial charge in [-0.1, -0.05) is 0 Å². The highest BCUT2D eigenvalue weighted by Gasteiger charge is 2.35. The van der Waals surface area contributed by atoms with Crippen molar-refractivity contribution in [2.45, 2.75) is 6.18 Å². The molecule has 3 nitrogen and oxygen atoms in total. The number of rotatable bonds is 2. The number of hydrogen-bond donors (Lipinski definition) is 1. The summed E-state index contributed by atoms with van der Waals surface area (Å²) in [6.45, 7) is -0.452. The van der Waals surface area contributed by atoms with Crippen LogP contribution in [0.3, 0.4) is 0 Å². The van der Waals surface area contributed by atoms with Gasteiger partial charge in [0.25, 0.3) is 5.91 Å². The first kappa shape index (κ1) is 13.0. The summed E-state index contributed by atoms with van der Waals surface area (Å²) in [5.74, 6) is -2.10. The molecule has 0 bridgehead atoms. The second kappa shape index (κ2) is 4.82. The van der Waals surface area contributed by atoms with Crippen molar-refractivity contribution in [2.24, 2.45) is 0 Å². The zero-order valence-electron chi connectivity index (χ0n) is 8.31. The molecule has 0 saturated heterocycles. The first-order valence-corrected chi connectivity index (χ1v) is 4.38. The Morgan fingerprint density at radius 2 is 2.06 bits per heavy atom. The monoisotopic (exact) mass is 246 g/mol. The highest BCUT2D eigenvalue weighted by molar-refractivity contribution is 5.96. The average molecular weight is 246 g/mol. The van der Waals surface area contributed by atoms with E-state index in [4.69, 9.17) is 5.26 Å². The van der Waals surface area contributed by atoms with Gasteiger partial charge in [-0.15, -0.1) is 0 Å². The summed E-state index contributed by atoms with van der Waals surface area (Å²) >= 11 is 0. The molecule has 0 unspecified atom stereocenters. The van der Waals surface area contributed by atoms with E-state index < -0.39 is 35.6 Å². The molecule has 0 aliphatic heterocycles. The Bertz CT molecular complexity index is 476. The summed E-state index contributed by atoms with van der Waals surface area (Å²) in [5, 5.41) is 10.1. The minimum Gasteiger partial charge on any atom is -0.339 e. The van der Waals surface area contributed by atoms with Crippen molar-refractivity contribution in [3.05, 3.63) is 35.1 Å². The predicted molar refractivity (Wildman–Crippen MR) is 49.3 cm³/mol. The molecule has 0 saturated carbocycles. The average Bonchev–Trinajstić information content (AvgIpc) is 2.24. The number of amides is 1. The van der Waals surface area contributed by atoms with Crippen molar-refractivity contribution < 1.29 is 22.4 Å². The molecule has 7 heteroatoms. The standard InChI is InChI=1S/C10H6F4N2O/c11-6-1-2-8(10(12,13)14)7(5-6)9(17)16-4-3-15/h1-2,5H,4H2,(H,16,17). The van der Waals surface area contributed by atoms with Gasteiger partial charge in [-0.2, -0.15) is 18.4 Å². The molecular formula is C10H6F4N2O. The SMILES string of the molecule is N#CCNC(=O)c1cc(F)ccc1C(F)(F)F. The molecule has 0 spiro atoms. The minimum absolute atomic E-state index is 0.452. The number of carbonyl (C=O) groups is 1. The van der Waals surface area contributed by atoms with Crippen LogP contribution >= 0.6 is 0 Å². The number of hydrogen-bond acceptors (Lipinski definition) is 2. The van der Waals surface area contributed by atoms with Crippen LogP contribution in [-0.2, 0) is 6.18 Å². The summed E-state index contributed by atoms with van der Waals surface area (Å²) in [6.07, 6.45) is -4.76. The van der Waals surface area contributed by atoms with Gasteiger partial charge in [0.1, 0.15) is 12.4 Å². The van der Waals surface area contributed by atoms with E-state index in [-0.39, 0.29) is 0 Å². The number of carbonyl (C=O) groups excluding carboxylic acids is 1. The lowest BCUT2D eigenvalue weighted by Gasteiger charge is -2.11. The molecule has 1 aromatic rings. The van der Waals surface area contributed by atoms with Crippen molar-refractivity contribution in [3.63, 3.8) is 0 Å². The summed E-state index contributed by atoms with van der Waals surface area (Å²) < 4.78 is 50.3. The van der Waals surface area contributed by atoms with Crippen LogP contribution in [0.4, 0.5) is 17.6 Å². The van der Waals surface area contributed by atoms with Gasteiger partial charge in [0.05, 0.1) is 17.2 Å². The van der Waals surface area contributed by atoms with Gasteiger partial charge < -0.3 is 5.32 Å². The second-order valence-corrected chi connectivity index (χ2v) is 3.03. The lowest BCUT2D eigenvalue weighted by atomic mass is 10.1. The Hall–Kier alpha value is -2.10. The molecule has 0 heterocycles. The van der Waals surface area contributed by atoms with E-state index in [1.54, 1.807) is 0 Å². The second-order valence-electron chi connectivity index (χ2n) is 3.03. The fourth-order valence-electron chi connectivity index (χ4n) is 1.17. The molecule has 0 aromatic heterocycles. The number of benzene rings is 1. The van der Waals surface area contributed by atoms with E-state index >= 15 is 0 Å². The smallest absolute Gasteiger partial charge is 0.339 e. The van der Waals surface area contributed by atoms with Crippen LogP contribution in [0.2, 0.25) is 0 Å². The van der Waals surface area contributed by atoms with Gasteiger partial charge in [0, 0.05) is 0 Å². The van der Waals surface area contributed by atoms with Gasteiger partial charge in [-0.3, -0.25) is 4.79 Å². The molecular weight excluding hydrogens is 240 g/mol. The number of nitrogens with zero attached hydrogens (tertiary/aromatic N) is 1. The predicted octanol–water partition coefficient (Wildman–Crippen LogP) is 2.10. The fourth-order valence-corrected chi connectivity index (χ4v) is 1.17. The van der Waals surface area contributed by atoms with Crippen LogP contribution in [0.15, 0.2) is 18.2 Å². The van der Waals surface area contributed by atoms with Crippen molar-refractivity contribution >= 4 is 5.91 Å². The van der Waals surface area contributed by atoms with E-state index in [2.05, 4.69) is 0 Å². The first-order chi connectivity index (χ1) is 7.86. The topological polar surface area (TPSA) is 52.9 Å². The lowest BCUT2D eigenvalue weighted by molar-refractivity contribution is -0.138. The van der Waals surface area contributed by atoms with Gasteiger partial charge in [0.15, 0.2) is 0 Å². The maximum absolute atomic E-state index is 12.8. The Labute approximate surface area is 93.7 Å². The summed E-state index contributed by atoms with van der Waals surface area (Å²) in [4.78, 5) is 11.3. The van der Waals surface area contributed by atoms with E-state index in [1.807, 2.05) is 5.32 Å². The van der Waals surface area contributed by atoms with Crippen LogP contribution in [0.5, 0.6) is 0 Å². The largest absolute Gasteiger partial charge is 0.417 e. The van der Waals surface area contributed by atoms with Crippen LogP contribution in [0.1, 0.15) is 15.9 Å². The van der Waals surface area contributed by atoms with Gasteiger partial charge in [-0.05, 0) is 18.2 Å². The van der Waals surface area contributed by atoms with Crippen molar-refractivity contribution in [1.82, 2.24) is 5.32 Å². The van der Waals surface area contributed by atoms with Gasteiger partial charge in [-0.25, -0.2) is 4.39 Å². The maximum Gasteiger partial charge on any atom is 0.417 e. The van der Waals surface area contributed by atoms with E-state index in [0.717, 1.165) is 0 Å². The Morgan fingerprint density at radius 1 is 1.41 bits per heavy atom. The summed E-state index contributed by atoms with van der Waals surface area (Å²) in [5.41, 5.74) is -2.08. The summed E-state index contributed by atoms with van der Waals surface area (Å²) in [6, 6.07) is 3.11. The van der Waals surface area contributed by atoms with Crippen molar-refractivity contribution in [2.75, 3.05) is 6.54 Å². The van der Waals surface area contributed by atoms with Gasteiger partial charge >= 0.3 is 6.18 Å². The Morgan fingerprint density at radius 3 is 2.59 bits per heavy atom. The maximum atomic E-state index is 12.8. The molecule has 0 aliphatic carbocycles. The number of halogens is 4. The zero-order valence-corrected chi connectivity index (χ0v) is 8.31. The highest BCUT2D eigenvalue weighted by atomic mass is 19.4. The quantitative estimate of drug-likeness (QED) is 0.641. The third kappa shape index (κ3) is 3.17. The van der Waals surface area contributed by atoms with Crippen LogP contribution in [-0.4, -0.2) is 12.5 Å². The normalized spacial score (nSPS) is 10.8. The van der Waals surface area contributed by atoms with Crippen molar-refractivity contribution in [1.29, 1.82) is 5.26 Å². The Kier molecular flexibility index (Phi) is 3.68. The first-order valence-electron chi connectivity index (χ1n) is 4.38. The molecule has 90 valence electrons. The molecule has 1 aromatic carbocycles. The highest BCUT2D eigenvalue weighted by Crippen LogP contribution is 2.32. The minimum atomic E-state index is -4.76. The van der Waals surface area contributed by atoms with Crippen LogP contribution < -0.4 is 5.32 Å². The van der Waals surface area contributed by atoms with Gasteiger partial charge in [0.2, 0.25) is 0 Å². The number of alkyl halides is 3.